The third-order valence-electron chi connectivity index (χ3n) is 12.9. The van der Waals surface area contributed by atoms with E-state index in [2.05, 4.69) is 254 Å². The van der Waals surface area contributed by atoms with Gasteiger partial charge in [-0.1, -0.05) is 205 Å². The van der Waals surface area contributed by atoms with Crippen LogP contribution in [0.4, 0.5) is 17.1 Å². The number of benzene rings is 9. The van der Waals surface area contributed by atoms with Crippen LogP contribution in [0, 0.1) is 5.41 Å². The van der Waals surface area contributed by atoms with E-state index in [1.807, 2.05) is 27.7 Å². The molecule has 68 heavy (non-hydrogen) atoms. The molecule has 11 aromatic rings. The van der Waals surface area contributed by atoms with Crippen molar-refractivity contribution in [1.82, 2.24) is 4.57 Å². The van der Waals surface area contributed by atoms with E-state index in [0.717, 1.165) is 50.3 Å². The van der Waals surface area contributed by atoms with E-state index in [4.69, 9.17) is 4.42 Å². The zero-order chi connectivity index (χ0) is 46.8. The van der Waals surface area contributed by atoms with Gasteiger partial charge in [-0.15, -0.1) is 0 Å². The van der Waals surface area contributed by atoms with Crippen LogP contribution in [0.25, 0.3) is 95.1 Å². The Bertz CT molecular complexity index is 3580. The summed E-state index contributed by atoms with van der Waals surface area (Å²) in [6.45, 7) is 12.4. The van der Waals surface area contributed by atoms with Gasteiger partial charge in [0.15, 0.2) is 0 Å². The van der Waals surface area contributed by atoms with Crippen LogP contribution in [0.15, 0.2) is 223 Å². The lowest BCUT2D eigenvalue weighted by molar-refractivity contribution is 0.571. The maximum absolute atomic E-state index is 6.53. The Labute approximate surface area is 400 Å². The first kappa shape index (κ1) is 43.7. The summed E-state index contributed by atoms with van der Waals surface area (Å²) in [5.74, 6) is 0. The fraction of sp³-hybridized carbons (Fsp3) is 0.108. The standard InChI is InChI=1S/C61H44N2O.2C2H6/c1-61(2)39-56-55-16-10-15-52(60(55)64-59(56)40-61)47-29-37-50(38-30-47)62(48-31-23-44(24-32-48)43-21-19-42(20-22-43)41-11-4-3-5-12-41)49-33-25-45(26-34-49)46-27-35-51(36-28-46)63-57-17-8-6-13-53(57)54-14-7-9-18-58(54)63;2*1-2/h3-40H,1-2H3;2*1-2H3. The predicted octanol–water partition coefficient (Wildman–Crippen LogP) is 17.3. The van der Waals surface area contributed by atoms with Crippen molar-refractivity contribution < 1.29 is 4.42 Å². The molecule has 12 rings (SSSR count). The molecular formula is C65H56N2O. The van der Waals surface area contributed by atoms with Crippen LogP contribution in [-0.4, -0.2) is 4.57 Å². The number of rotatable bonds is 8. The van der Waals surface area contributed by atoms with Crippen molar-refractivity contribution >= 4 is 62.0 Å². The second-order valence-corrected chi connectivity index (χ2v) is 17.5. The minimum absolute atomic E-state index is 0.00804. The molecule has 0 atom stereocenters. The predicted molar refractivity (Wildman–Crippen MR) is 292 cm³/mol. The van der Waals surface area contributed by atoms with E-state index in [1.54, 1.807) is 0 Å². The normalized spacial score (nSPS) is 12.3. The molecule has 0 radical (unpaired) electrons. The second-order valence-electron chi connectivity index (χ2n) is 17.5. The smallest absolute Gasteiger partial charge is 0.143 e. The minimum atomic E-state index is -0.00804. The van der Waals surface area contributed by atoms with E-state index >= 15 is 0 Å². The highest BCUT2D eigenvalue weighted by molar-refractivity contribution is 6.09. The van der Waals surface area contributed by atoms with Crippen LogP contribution in [0.1, 0.15) is 41.5 Å². The van der Waals surface area contributed by atoms with Gasteiger partial charge in [0, 0.05) is 55.1 Å². The van der Waals surface area contributed by atoms with Crippen molar-refractivity contribution in [3.63, 3.8) is 0 Å². The third kappa shape index (κ3) is 8.11. The van der Waals surface area contributed by atoms with Gasteiger partial charge in [-0.25, -0.2) is 0 Å². The molecule has 0 saturated carbocycles. The van der Waals surface area contributed by atoms with Crippen molar-refractivity contribution in [3.05, 3.63) is 229 Å². The van der Waals surface area contributed by atoms with Crippen molar-refractivity contribution in [3.8, 4) is 50.2 Å². The third-order valence-corrected chi connectivity index (χ3v) is 12.9. The number of para-hydroxylation sites is 3. The Morgan fingerprint density at radius 3 is 1.26 bits per heavy atom. The number of hydrogen-bond acceptors (Lipinski definition) is 2. The Morgan fingerprint density at radius 2 is 0.765 bits per heavy atom. The first-order valence-corrected chi connectivity index (χ1v) is 24.1. The molecular weight excluding hydrogens is 825 g/mol. The zero-order valence-corrected chi connectivity index (χ0v) is 39.7. The van der Waals surface area contributed by atoms with Gasteiger partial charge in [0.05, 0.1) is 11.0 Å². The number of hydrogen-bond donors (Lipinski definition) is 0. The van der Waals surface area contributed by atoms with Gasteiger partial charge < -0.3 is 13.9 Å². The van der Waals surface area contributed by atoms with Gasteiger partial charge >= 0.3 is 0 Å². The van der Waals surface area contributed by atoms with Crippen LogP contribution < -0.4 is 15.5 Å². The van der Waals surface area contributed by atoms with E-state index in [-0.39, 0.29) is 5.41 Å². The molecule has 0 bridgehead atoms. The van der Waals surface area contributed by atoms with Gasteiger partial charge in [0.1, 0.15) is 11.0 Å². The van der Waals surface area contributed by atoms with Crippen molar-refractivity contribution in [2.45, 2.75) is 41.5 Å². The molecule has 3 nitrogen and oxygen atoms in total. The molecule has 0 spiro atoms. The highest BCUT2D eigenvalue weighted by Crippen LogP contribution is 2.39. The molecule has 332 valence electrons. The maximum Gasteiger partial charge on any atom is 0.143 e. The SMILES string of the molecule is CC.CC.CC1(C)C=c2oc3c(-c4ccc(N(c5ccc(-c6ccc(-c7ccccc7)cc6)cc5)c5ccc(-c6ccc(-n7c8ccccc8c8ccccc87)cc6)cc5)cc4)cccc3c2=C1. The molecule has 0 fully saturated rings. The zero-order valence-electron chi connectivity index (χ0n) is 39.7. The average molecular weight is 881 g/mol. The quantitative estimate of drug-likeness (QED) is 0.152. The first-order chi connectivity index (χ1) is 33.4. The molecule has 0 amide bonds. The molecule has 9 aromatic carbocycles. The Balaban J connectivity index is 0.00000131. The van der Waals surface area contributed by atoms with Gasteiger partial charge in [-0.05, 0) is 106 Å². The summed E-state index contributed by atoms with van der Waals surface area (Å²) in [5, 5.41) is 4.89. The van der Waals surface area contributed by atoms with Crippen molar-refractivity contribution in [2.75, 3.05) is 4.90 Å². The summed E-state index contributed by atoms with van der Waals surface area (Å²) in [5.41, 5.74) is 18.1. The first-order valence-electron chi connectivity index (χ1n) is 24.1. The number of furan rings is 1. The largest absolute Gasteiger partial charge is 0.456 e. The Morgan fingerprint density at radius 1 is 0.368 bits per heavy atom. The lowest BCUT2D eigenvalue weighted by Crippen LogP contribution is -2.15. The summed E-state index contributed by atoms with van der Waals surface area (Å²) in [6, 6.07) is 78.9. The van der Waals surface area contributed by atoms with E-state index in [9.17, 15) is 0 Å². The molecule has 1 aliphatic carbocycles. The molecule has 0 aliphatic heterocycles. The lowest BCUT2D eigenvalue weighted by atomic mass is 9.95. The number of aromatic nitrogens is 1. The highest BCUT2D eigenvalue weighted by atomic mass is 16.3. The van der Waals surface area contributed by atoms with Gasteiger partial charge in [0.25, 0.3) is 0 Å². The van der Waals surface area contributed by atoms with Crippen LogP contribution >= 0.6 is 0 Å². The molecule has 0 saturated heterocycles. The molecule has 2 aromatic heterocycles. The summed E-state index contributed by atoms with van der Waals surface area (Å²) in [4.78, 5) is 2.34. The van der Waals surface area contributed by atoms with E-state index in [0.29, 0.717) is 0 Å². The van der Waals surface area contributed by atoms with Gasteiger partial charge in [-0.2, -0.15) is 0 Å². The average Bonchev–Trinajstić information content (AvgIpc) is 4.04. The van der Waals surface area contributed by atoms with Crippen LogP contribution in [0.5, 0.6) is 0 Å². The topological polar surface area (TPSA) is 21.3 Å². The second kappa shape index (κ2) is 18.6. The maximum atomic E-state index is 6.53. The molecule has 0 N–H and O–H groups in total. The highest BCUT2D eigenvalue weighted by Gasteiger charge is 2.21. The Hall–Kier alpha value is -8.14. The van der Waals surface area contributed by atoms with E-state index < -0.39 is 0 Å². The van der Waals surface area contributed by atoms with Gasteiger partial charge in [0.2, 0.25) is 0 Å². The summed E-state index contributed by atoms with van der Waals surface area (Å²) in [6.07, 6.45) is 4.54. The number of nitrogens with zero attached hydrogens (tertiary/aromatic N) is 2. The van der Waals surface area contributed by atoms with Crippen LogP contribution in [-0.2, 0) is 0 Å². The summed E-state index contributed by atoms with van der Waals surface area (Å²) >= 11 is 0. The van der Waals surface area contributed by atoms with Crippen LogP contribution in [0.3, 0.4) is 0 Å². The number of fused-ring (bicyclic) bond motifs is 6. The fourth-order valence-electron chi connectivity index (χ4n) is 9.72. The minimum Gasteiger partial charge on any atom is -0.456 e. The summed E-state index contributed by atoms with van der Waals surface area (Å²) < 4.78 is 8.90. The van der Waals surface area contributed by atoms with Crippen molar-refractivity contribution in [1.29, 1.82) is 0 Å². The van der Waals surface area contributed by atoms with E-state index in [1.165, 1.54) is 60.4 Å². The summed E-state index contributed by atoms with van der Waals surface area (Å²) in [7, 11) is 0. The van der Waals surface area contributed by atoms with Crippen LogP contribution in [0.2, 0.25) is 0 Å². The monoisotopic (exact) mass is 880 g/mol. The molecule has 2 heterocycles. The van der Waals surface area contributed by atoms with Crippen molar-refractivity contribution in [2.24, 2.45) is 5.41 Å². The lowest BCUT2D eigenvalue weighted by Gasteiger charge is -2.26. The Kier molecular flexibility index (Phi) is 12.0. The number of anilines is 3. The molecule has 0 unspecified atom stereocenters. The fourth-order valence-corrected chi connectivity index (χ4v) is 9.72. The molecule has 1 aliphatic rings. The van der Waals surface area contributed by atoms with Gasteiger partial charge in [-0.3, -0.25) is 0 Å². The molecule has 3 heteroatoms.